The van der Waals surface area contributed by atoms with E-state index in [1.54, 1.807) is 35.5 Å². The van der Waals surface area contributed by atoms with Crippen molar-refractivity contribution in [3.63, 3.8) is 0 Å². The normalized spacial score (nSPS) is 12.4. The van der Waals surface area contributed by atoms with E-state index in [1.165, 1.54) is 0 Å². The van der Waals surface area contributed by atoms with Crippen molar-refractivity contribution in [2.75, 3.05) is 48.4 Å². The van der Waals surface area contributed by atoms with Crippen LogP contribution in [0.2, 0.25) is 6.04 Å². The second-order valence-corrected chi connectivity index (χ2v) is 11.9. The quantitative estimate of drug-likeness (QED) is 0.406. The van der Waals surface area contributed by atoms with Crippen molar-refractivity contribution in [2.24, 2.45) is 0 Å². The lowest BCUT2D eigenvalue weighted by Gasteiger charge is -2.25. The molecule has 0 aromatic heterocycles. The lowest BCUT2D eigenvalue weighted by Crippen LogP contribution is -2.47. The summed E-state index contributed by atoms with van der Waals surface area (Å²) in [7, 11) is 2.88. The predicted molar refractivity (Wildman–Crippen MR) is 98.7 cm³/mol. The van der Waals surface area contributed by atoms with Gasteiger partial charge in [0.1, 0.15) is 5.75 Å². The van der Waals surface area contributed by atoms with E-state index in [9.17, 15) is 5.11 Å². The molecular weight excluding hydrogens is 360 g/mol. The maximum Gasteiger partial charge on any atom is 0.500 e. The first-order chi connectivity index (χ1) is 12.0. The highest BCUT2D eigenvalue weighted by molar-refractivity contribution is 6.66. The van der Waals surface area contributed by atoms with Gasteiger partial charge in [0.15, 0.2) is 0 Å². The summed E-state index contributed by atoms with van der Waals surface area (Å²) in [4.78, 5) is 0. The van der Waals surface area contributed by atoms with Crippen LogP contribution in [0.3, 0.4) is 0 Å². The third kappa shape index (κ3) is 6.46. The number of hydrogen-bond donors (Lipinski definition) is 1. The smallest absolute Gasteiger partial charge is 0.494 e. The molecule has 0 heterocycles. The van der Waals surface area contributed by atoms with Gasteiger partial charge in [0.2, 0.25) is 0 Å². The Balaban J connectivity index is 2.50. The number of ether oxygens (including phenoxy) is 1. The minimum Gasteiger partial charge on any atom is -0.494 e. The first kappa shape index (κ1) is 22.3. The third-order valence-electron chi connectivity index (χ3n) is 4.21. The maximum absolute atomic E-state index is 9.52. The molecule has 0 aliphatic carbocycles. The van der Waals surface area contributed by atoms with Crippen molar-refractivity contribution in [3.8, 4) is 5.75 Å². The van der Waals surface area contributed by atoms with E-state index in [2.05, 4.69) is 0 Å². The summed E-state index contributed by atoms with van der Waals surface area (Å²) in [6, 6.07) is 9.02. The van der Waals surface area contributed by atoms with Crippen molar-refractivity contribution in [2.45, 2.75) is 18.5 Å². The van der Waals surface area contributed by atoms with Crippen LogP contribution >= 0.6 is 0 Å². The first-order valence-corrected chi connectivity index (χ1v) is 12.3. The van der Waals surface area contributed by atoms with Crippen LogP contribution in [0.4, 0.5) is 0 Å². The number of benzene rings is 1. The molecule has 0 saturated carbocycles. The standard InChI is InChI=1S/C16H30O7Si2/c1-18-24(14-17,19-2)13-15-7-9-16(10-8-15)23-11-6-12-25(20-3,21-4)22-5/h7-10,17H,6,11-14H2,1-5H3. The van der Waals surface area contributed by atoms with Gasteiger partial charge in [-0.3, -0.25) is 0 Å². The average Bonchev–Trinajstić information content (AvgIpc) is 2.68. The molecule has 144 valence electrons. The SMILES string of the molecule is CO[Si](CO)(Cc1ccc(OCCC[Si](OC)(OC)OC)cc1)OC. The van der Waals surface area contributed by atoms with E-state index in [1.807, 2.05) is 24.3 Å². The van der Waals surface area contributed by atoms with Crippen LogP contribution in [0.25, 0.3) is 0 Å². The van der Waals surface area contributed by atoms with E-state index in [-0.39, 0.29) is 6.23 Å². The van der Waals surface area contributed by atoms with Gasteiger partial charge in [0, 0.05) is 47.6 Å². The minimum atomic E-state index is -2.56. The Morgan fingerprint density at radius 2 is 1.40 bits per heavy atom. The molecule has 0 unspecified atom stereocenters. The molecule has 0 aliphatic rings. The van der Waals surface area contributed by atoms with Crippen LogP contribution in [-0.4, -0.2) is 70.9 Å². The molecule has 0 bridgehead atoms. The predicted octanol–water partition coefficient (Wildman–Crippen LogP) is 1.68. The zero-order valence-electron chi connectivity index (χ0n) is 15.7. The molecule has 0 aliphatic heterocycles. The highest BCUT2D eigenvalue weighted by Gasteiger charge is 2.37. The van der Waals surface area contributed by atoms with Gasteiger partial charge >= 0.3 is 17.4 Å². The fourth-order valence-corrected chi connectivity index (χ4v) is 5.83. The Labute approximate surface area is 152 Å². The molecule has 9 heteroatoms. The van der Waals surface area contributed by atoms with Crippen LogP contribution < -0.4 is 4.74 Å². The van der Waals surface area contributed by atoms with E-state index in [0.29, 0.717) is 18.7 Å². The fraction of sp³-hybridized carbons (Fsp3) is 0.625. The maximum atomic E-state index is 9.52. The Hall–Kier alpha value is -0.786. The summed E-state index contributed by atoms with van der Waals surface area (Å²) >= 11 is 0. The van der Waals surface area contributed by atoms with Crippen LogP contribution in [0, 0.1) is 0 Å². The monoisotopic (exact) mass is 390 g/mol. The highest BCUT2D eigenvalue weighted by atomic mass is 28.4. The molecule has 25 heavy (non-hydrogen) atoms. The van der Waals surface area contributed by atoms with Crippen molar-refractivity contribution in [3.05, 3.63) is 29.8 Å². The van der Waals surface area contributed by atoms with E-state index < -0.39 is 17.4 Å². The summed E-state index contributed by atoms with van der Waals surface area (Å²) in [6.07, 6.45) is 0.694. The molecule has 0 atom stereocenters. The zero-order valence-corrected chi connectivity index (χ0v) is 17.7. The zero-order chi connectivity index (χ0) is 18.8. The largest absolute Gasteiger partial charge is 0.500 e. The Kier molecular flexibility index (Phi) is 9.83. The molecule has 0 saturated heterocycles. The Morgan fingerprint density at radius 3 is 1.84 bits per heavy atom. The molecule has 1 aromatic rings. The van der Waals surface area contributed by atoms with Crippen LogP contribution in [0.1, 0.15) is 12.0 Å². The summed E-state index contributed by atoms with van der Waals surface area (Å²) in [5.74, 6) is 0.786. The van der Waals surface area contributed by atoms with Gasteiger partial charge in [-0.15, -0.1) is 0 Å². The van der Waals surface area contributed by atoms with Crippen molar-refractivity contribution in [1.82, 2.24) is 0 Å². The number of hydrogen-bond acceptors (Lipinski definition) is 7. The summed E-state index contributed by atoms with van der Waals surface area (Å²) < 4.78 is 32.7. The fourth-order valence-electron chi connectivity index (χ4n) is 2.46. The molecule has 1 N–H and O–H groups in total. The Bertz CT molecular complexity index is 459. The molecular formula is C16H30O7Si2. The van der Waals surface area contributed by atoms with Gasteiger partial charge in [-0.05, 0) is 24.1 Å². The average molecular weight is 391 g/mol. The van der Waals surface area contributed by atoms with Gasteiger partial charge in [-0.25, -0.2) is 0 Å². The van der Waals surface area contributed by atoms with Crippen LogP contribution in [0.15, 0.2) is 24.3 Å². The minimum absolute atomic E-state index is 0.0810. The second kappa shape index (κ2) is 11.0. The van der Waals surface area contributed by atoms with Gasteiger partial charge in [-0.2, -0.15) is 0 Å². The van der Waals surface area contributed by atoms with Crippen LogP contribution in [0.5, 0.6) is 5.75 Å². The van der Waals surface area contributed by atoms with Crippen LogP contribution in [-0.2, 0) is 28.2 Å². The summed E-state index contributed by atoms with van der Waals surface area (Å²) in [5, 5.41) is 9.52. The molecule has 0 spiro atoms. The lowest BCUT2D eigenvalue weighted by molar-refractivity contribution is 0.121. The first-order valence-electron chi connectivity index (χ1n) is 8.11. The summed E-state index contributed by atoms with van der Waals surface area (Å²) in [5.41, 5.74) is 1.04. The van der Waals surface area contributed by atoms with Gasteiger partial charge in [0.25, 0.3) is 0 Å². The van der Waals surface area contributed by atoms with E-state index >= 15 is 0 Å². The molecule has 0 radical (unpaired) electrons. The summed E-state index contributed by atoms with van der Waals surface area (Å²) in [6.45, 7) is 0.551. The van der Waals surface area contributed by atoms with Gasteiger partial charge < -0.3 is 32.0 Å². The van der Waals surface area contributed by atoms with Crippen molar-refractivity contribution in [1.29, 1.82) is 0 Å². The van der Waals surface area contributed by atoms with E-state index in [0.717, 1.165) is 17.7 Å². The number of aliphatic hydroxyl groups is 1. The van der Waals surface area contributed by atoms with Gasteiger partial charge in [-0.1, -0.05) is 12.1 Å². The lowest BCUT2D eigenvalue weighted by atomic mass is 10.2. The third-order valence-corrected chi connectivity index (χ3v) is 9.96. The molecule has 1 rings (SSSR count). The van der Waals surface area contributed by atoms with Crippen molar-refractivity contribution < 1.29 is 32.0 Å². The highest BCUT2D eigenvalue weighted by Crippen LogP contribution is 2.19. The number of rotatable bonds is 13. The topological polar surface area (TPSA) is 75.6 Å². The molecule has 0 fully saturated rings. The van der Waals surface area contributed by atoms with E-state index in [4.69, 9.17) is 26.9 Å². The van der Waals surface area contributed by atoms with Gasteiger partial charge in [0.05, 0.1) is 12.8 Å². The molecule has 0 amide bonds. The van der Waals surface area contributed by atoms with Crippen molar-refractivity contribution >= 4 is 17.4 Å². The Morgan fingerprint density at radius 1 is 0.840 bits per heavy atom. The molecule has 7 nitrogen and oxygen atoms in total. The second-order valence-electron chi connectivity index (χ2n) is 5.55. The molecule has 1 aromatic carbocycles. The number of aliphatic hydroxyl groups excluding tert-OH is 1.